The summed E-state index contributed by atoms with van der Waals surface area (Å²) in [7, 11) is 0. The third-order valence-electron chi connectivity index (χ3n) is 5.51. The average molecular weight is 301 g/mol. The molecule has 1 aromatic carbocycles. The largest absolute Gasteiger partial charge is 0.480 e. The van der Waals surface area contributed by atoms with Gasteiger partial charge in [0.05, 0.1) is 5.41 Å². The second-order valence-electron chi connectivity index (χ2n) is 6.93. The van der Waals surface area contributed by atoms with E-state index in [0.717, 1.165) is 24.8 Å². The summed E-state index contributed by atoms with van der Waals surface area (Å²) in [6, 6.07) is 9.24. The highest BCUT2D eigenvalue weighted by molar-refractivity contribution is 5.88. The Morgan fingerprint density at radius 1 is 1.32 bits per heavy atom. The molecule has 0 aliphatic heterocycles. The van der Waals surface area contributed by atoms with Crippen LogP contribution in [0.15, 0.2) is 30.3 Å². The Labute approximate surface area is 130 Å². The van der Waals surface area contributed by atoms with E-state index >= 15 is 0 Å². The highest BCUT2D eigenvalue weighted by atomic mass is 16.4. The van der Waals surface area contributed by atoms with Crippen LogP contribution in [0.4, 0.5) is 0 Å². The molecule has 0 heterocycles. The quantitative estimate of drug-likeness (QED) is 0.878. The first-order valence-corrected chi connectivity index (χ1v) is 8.09. The van der Waals surface area contributed by atoms with E-state index < -0.39 is 17.4 Å². The number of carbonyl (C=O) groups excluding carboxylic acids is 1. The lowest BCUT2D eigenvalue weighted by Crippen LogP contribution is -2.50. The van der Waals surface area contributed by atoms with Crippen molar-refractivity contribution in [3.8, 4) is 0 Å². The van der Waals surface area contributed by atoms with E-state index in [1.807, 2.05) is 18.2 Å². The molecule has 1 aromatic rings. The zero-order valence-corrected chi connectivity index (χ0v) is 12.9. The number of hydrogen-bond donors (Lipinski definition) is 2. The van der Waals surface area contributed by atoms with Crippen molar-refractivity contribution in [2.45, 2.75) is 45.1 Å². The fourth-order valence-corrected chi connectivity index (χ4v) is 4.38. The molecule has 22 heavy (non-hydrogen) atoms. The Balaban J connectivity index is 1.84. The minimum atomic E-state index is -0.980. The van der Waals surface area contributed by atoms with Gasteiger partial charge in [0, 0.05) is 0 Å². The third kappa shape index (κ3) is 2.62. The monoisotopic (exact) mass is 301 g/mol. The smallest absolute Gasteiger partial charge is 0.325 e. The predicted octanol–water partition coefficient (Wildman–Crippen LogP) is 2.62. The molecule has 3 unspecified atom stereocenters. The van der Waals surface area contributed by atoms with Gasteiger partial charge in [0.15, 0.2) is 0 Å². The van der Waals surface area contributed by atoms with Crippen molar-refractivity contribution in [1.29, 1.82) is 0 Å². The van der Waals surface area contributed by atoms with Crippen molar-refractivity contribution in [3.05, 3.63) is 35.9 Å². The van der Waals surface area contributed by atoms with Gasteiger partial charge in [0.25, 0.3) is 0 Å². The highest BCUT2D eigenvalue weighted by Crippen LogP contribution is 2.57. The summed E-state index contributed by atoms with van der Waals surface area (Å²) in [6.45, 7) is 1.53. The van der Waals surface area contributed by atoms with Crippen molar-refractivity contribution < 1.29 is 14.7 Å². The van der Waals surface area contributed by atoms with Crippen LogP contribution in [-0.4, -0.2) is 23.0 Å². The predicted molar refractivity (Wildman–Crippen MR) is 83.3 cm³/mol. The second kappa shape index (κ2) is 5.75. The van der Waals surface area contributed by atoms with Gasteiger partial charge in [-0.25, -0.2) is 0 Å². The van der Waals surface area contributed by atoms with Crippen LogP contribution < -0.4 is 5.32 Å². The van der Waals surface area contributed by atoms with Crippen molar-refractivity contribution in [2.24, 2.45) is 17.3 Å². The van der Waals surface area contributed by atoms with Gasteiger partial charge in [-0.05, 0) is 50.0 Å². The first kappa shape index (κ1) is 15.1. The fourth-order valence-electron chi connectivity index (χ4n) is 4.38. The number of carbonyl (C=O) groups is 2. The molecule has 1 amide bonds. The van der Waals surface area contributed by atoms with Gasteiger partial charge in [-0.2, -0.15) is 0 Å². The summed E-state index contributed by atoms with van der Waals surface area (Å²) in [6.07, 6.45) is 5.02. The van der Waals surface area contributed by atoms with Crippen LogP contribution in [0.3, 0.4) is 0 Å². The molecule has 3 rings (SSSR count). The van der Waals surface area contributed by atoms with Crippen LogP contribution in [0, 0.1) is 17.3 Å². The van der Waals surface area contributed by atoms with E-state index in [2.05, 4.69) is 17.4 Å². The maximum absolute atomic E-state index is 12.9. The summed E-state index contributed by atoms with van der Waals surface area (Å²) in [4.78, 5) is 24.0. The van der Waals surface area contributed by atoms with E-state index in [1.165, 1.54) is 13.3 Å². The summed E-state index contributed by atoms with van der Waals surface area (Å²) in [5.41, 5.74) is 0.738. The Morgan fingerprint density at radius 3 is 2.59 bits per heavy atom. The number of fused-ring (bicyclic) bond motifs is 2. The Morgan fingerprint density at radius 2 is 2.05 bits per heavy atom. The van der Waals surface area contributed by atoms with Gasteiger partial charge in [0.2, 0.25) is 5.91 Å². The van der Waals surface area contributed by atoms with Crippen LogP contribution in [0.1, 0.15) is 38.2 Å². The topological polar surface area (TPSA) is 66.4 Å². The first-order valence-electron chi connectivity index (χ1n) is 8.09. The van der Waals surface area contributed by atoms with Gasteiger partial charge >= 0.3 is 5.97 Å². The van der Waals surface area contributed by atoms with Gasteiger partial charge in [-0.1, -0.05) is 36.8 Å². The minimum absolute atomic E-state index is 0.0709. The molecule has 0 radical (unpaired) electrons. The molecule has 0 aromatic heterocycles. The second-order valence-corrected chi connectivity index (χ2v) is 6.93. The highest BCUT2D eigenvalue weighted by Gasteiger charge is 2.55. The molecule has 118 valence electrons. The lowest BCUT2D eigenvalue weighted by Gasteiger charge is -2.37. The molecule has 2 fully saturated rings. The van der Waals surface area contributed by atoms with Crippen molar-refractivity contribution in [3.63, 3.8) is 0 Å². The Kier molecular flexibility index (Phi) is 3.94. The van der Waals surface area contributed by atoms with E-state index in [9.17, 15) is 9.59 Å². The maximum Gasteiger partial charge on any atom is 0.325 e. The number of aliphatic carboxylic acids is 1. The number of carboxylic acid groups (broad SMARTS) is 1. The van der Waals surface area contributed by atoms with E-state index in [0.29, 0.717) is 18.3 Å². The Bertz CT molecular complexity index is 571. The number of hydrogen-bond acceptors (Lipinski definition) is 2. The number of rotatable bonds is 5. The summed E-state index contributed by atoms with van der Waals surface area (Å²) in [5, 5.41) is 11.8. The van der Waals surface area contributed by atoms with Gasteiger partial charge in [-0.3, -0.25) is 9.59 Å². The minimum Gasteiger partial charge on any atom is -0.480 e. The molecule has 2 saturated carbocycles. The Hall–Kier alpha value is -1.84. The molecule has 0 spiro atoms. The molecular formula is C18H23NO3. The van der Waals surface area contributed by atoms with Crippen molar-refractivity contribution in [1.82, 2.24) is 5.32 Å². The summed E-state index contributed by atoms with van der Waals surface area (Å²) >= 11 is 0. The van der Waals surface area contributed by atoms with E-state index in [1.54, 1.807) is 0 Å². The van der Waals surface area contributed by atoms with E-state index in [4.69, 9.17) is 5.11 Å². The zero-order valence-electron chi connectivity index (χ0n) is 12.9. The first-order chi connectivity index (χ1) is 10.5. The molecule has 2 aliphatic carbocycles. The lowest BCUT2D eigenvalue weighted by molar-refractivity contribution is -0.144. The number of benzene rings is 1. The average Bonchev–Trinajstić information content (AvgIpc) is 3.09. The summed E-state index contributed by atoms with van der Waals surface area (Å²) in [5.74, 6) is -0.0388. The fraction of sp³-hybridized carbons (Fsp3) is 0.556. The van der Waals surface area contributed by atoms with Crippen LogP contribution in [0.2, 0.25) is 0 Å². The third-order valence-corrected chi connectivity index (χ3v) is 5.51. The molecule has 4 atom stereocenters. The molecule has 2 bridgehead atoms. The SMILES string of the molecule is C[C@@H](NC(=O)C1(Cc2ccccc2)CC2CCC1C2)C(=O)O. The van der Waals surface area contributed by atoms with Crippen LogP contribution >= 0.6 is 0 Å². The summed E-state index contributed by atoms with van der Waals surface area (Å²) < 4.78 is 0. The number of nitrogens with one attached hydrogen (secondary N) is 1. The van der Waals surface area contributed by atoms with Gasteiger partial charge in [0.1, 0.15) is 6.04 Å². The van der Waals surface area contributed by atoms with E-state index in [-0.39, 0.29) is 5.91 Å². The van der Waals surface area contributed by atoms with Gasteiger partial charge in [-0.15, -0.1) is 0 Å². The normalized spacial score (nSPS) is 31.0. The molecule has 4 heteroatoms. The van der Waals surface area contributed by atoms with Gasteiger partial charge < -0.3 is 10.4 Å². The van der Waals surface area contributed by atoms with Crippen molar-refractivity contribution >= 4 is 11.9 Å². The lowest BCUT2D eigenvalue weighted by atomic mass is 9.68. The molecular weight excluding hydrogens is 278 g/mol. The van der Waals surface area contributed by atoms with Crippen LogP contribution in [0.25, 0.3) is 0 Å². The number of amides is 1. The van der Waals surface area contributed by atoms with Crippen molar-refractivity contribution in [2.75, 3.05) is 0 Å². The molecule has 2 N–H and O–H groups in total. The maximum atomic E-state index is 12.9. The van der Waals surface area contributed by atoms with Crippen LogP contribution in [-0.2, 0) is 16.0 Å². The molecule has 0 saturated heterocycles. The number of carboxylic acids is 1. The zero-order chi connectivity index (χ0) is 15.7. The molecule has 2 aliphatic rings. The standard InChI is InChI=1S/C18H23NO3/c1-12(16(20)21)19-17(22)18(10-13-5-3-2-4-6-13)11-14-7-8-15(18)9-14/h2-6,12,14-15H,7-11H2,1H3,(H,19,22)(H,20,21)/t12-,14?,15?,18?/m1/s1. The molecule has 4 nitrogen and oxygen atoms in total. The van der Waals surface area contributed by atoms with Crippen LogP contribution in [0.5, 0.6) is 0 Å².